The fourth-order valence-corrected chi connectivity index (χ4v) is 1.35. The summed E-state index contributed by atoms with van der Waals surface area (Å²) in [6, 6.07) is 2.94. The van der Waals surface area contributed by atoms with Gasteiger partial charge in [-0.15, -0.1) is 0 Å². The molecule has 0 aliphatic heterocycles. The van der Waals surface area contributed by atoms with Crippen LogP contribution >= 0.6 is 23.2 Å². The van der Waals surface area contributed by atoms with Crippen molar-refractivity contribution in [3.63, 3.8) is 0 Å². The monoisotopic (exact) mass is 219 g/mol. The van der Waals surface area contributed by atoms with Crippen LogP contribution in [0.3, 0.4) is 0 Å². The van der Waals surface area contributed by atoms with Crippen molar-refractivity contribution in [1.82, 2.24) is 0 Å². The lowest BCUT2D eigenvalue weighted by Crippen LogP contribution is -1.92. The maximum absolute atomic E-state index is 9.36. The number of hydrogen-bond donors (Lipinski definition) is 2. The van der Waals surface area contributed by atoms with E-state index in [1.165, 1.54) is 12.1 Å². The van der Waals surface area contributed by atoms with E-state index in [1.54, 1.807) is 6.92 Å². The summed E-state index contributed by atoms with van der Waals surface area (Å²) in [5, 5.41) is 17.2. The minimum atomic E-state index is -0.0893. The number of rotatable bonds is 1. The van der Waals surface area contributed by atoms with Crippen LogP contribution in [0.5, 0.6) is 5.75 Å². The zero-order valence-corrected chi connectivity index (χ0v) is 7.87. The zero-order chi connectivity index (χ0) is 9.30. The van der Waals surface area contributed by atoms with Crippen LogP contribution in [0.4, 0.5) is 0 Å². The van der Waals surface area contributed by atoms with E-state index in [9.17, 15) is 5.11 Å². The maximum atomic E-state index is 9.36. The second-order valence-electron chi connectivity index (χ2n) is 2.41. The minimum Gasteiger partial charge on any atom is -0.506 e. The van der Waals surface area contributed by atoms with Gasteiger partial charge in [0, 0.05) is 16.3 Å². The Kier molecular flexibility index (Phi) is 4.24. The van der Waals surface area contributed by atoms with Gasteiger partial charge in [0.05, 0.1) is 5.02 Å². The van der Waals surface area contributed by atoms with Crippen LogP contribution in [-0.2, 0) is 0 Å². The number of phenols is 1. The zero-order valence-electron chi connectivity index (χ0n) is 6.36. The molecule has 0 radical (unpaired) electrons. The van der Waals surface area contributed by atoms with Crippen molar-refractivity contribution in [3.05, 3.63) is 27.7 Å². The first kappa shape index (κ1) is 12.3. The SMILES string of the molecule is C.CC(=N)c1cc(Cl)cc(Cl)c1O. The molecule has 0 fully saturated rings. The number of nitrogens with one attached hydrogen (secondary N) is 1. The van der Waals surface area contributed by atoms with Crippen LogP contribution in [-0.4, -0.2) is 10.8 Å². The molecule has 0 aliphatic rings. The van der Waals surface area contributed by atoms with Crippen LogP contribution in [0.15, 0.2) is 12.1 Å². The molecule has 4 heteroatoms. The van der Waals surface area contributed by atoms with Crippen LogP contribution in [0.25, 0.3) is 0 Å². The van der Waals surface area contributed by atoms with E-state index >= 15 is 0 Å². The van der Waals surface area contributed by atoms with E-state index in [2.05, 4.69) is 0 Å². The molecule has 0 heterocycles. The van der Waals surface area contributed by atoms with Gasteiger partial charge in [0.25, 0.3) is 0 Å². The predicted molar refractivity (Wildman–Crippen MR) is 57.4 cm³/mol. The van der Waals surface area contributed by atoms with Crippen LogP contribution < -0.4 is 0 Å². The van der Waals surface area contributed by atoms with Crippen molar-refractivity contribution < 1.29 is 5.11 Å². The van der Waals surface area contributed by atoms with Crippen molar-refractivity contribution in [2.75, 3.05) is 0 Å². The third kappa shape index (κ3) is 2.61. The topological polar surface area (TPSA) is 44.1 Å². The fourth-order valence-electron chi connectivity index (χ4n) is 0.852. The molecule has 1 rings (SSSR count). The molecule has 0 aliphatic carbocycles. The van der Waals surface area contributed by atoms with Crippen molar-refractivity contribution in [2.45, 2.75) is 14.4 Å². The third-order valence-electron chi connectivity index (χ3n) is 1.43. The molecule has 0 aromatic heterocycles. The van der Waals surface area contributed by atoms with Crippen molar-refractivity contribution in [3.8, 4) is 5.75 Å². The molecule has 2 nitrogen and oxygen atoms in total. The van der Waals surface area contributed by atoms with Gasteiger partial charge in [0.2, 0.25) is 0 Å². The molecule has 0 saturated carbocycles. The summed E-state index contributed by atoms with van der Waals surface area (Å²) in [7, 11) is 0. The lowest BCUT2D eigenvalue weighted by molar-refractivity contribution is 0.474. The highest BCUT2D eigenvalue weighted by atomic mass is 35.5. The normalized spacial score (nSPS) is 9.15. The van der Waals surface area contributed by atoms with Gasteiger partial charge in [-0.05, 0) is 19.1 Å². The number of halogens is 2. The summed E-state index contributed by atoms with van der Waals surface area (Å²) in [4.78, 5) is 0. The smallest absolute Gasteiger partial charge is 0.143 e. The fraction of sp³-hybridized carbons (Fsp3) is 0.222. The van der Waals surface area contributed by atoms with E-state index in [0.717, 1.165) is 0 Å². The van der Waals surface area contributed by atoms with E-state index in [-0.39, 0.29) is 23.9 Å². The molecule has 1 aromatic rings. The molecule has 72 valence electrons. The summed E-state index contributed by atoms with van der Waals surface area (Å²) >= 11 is 11.3. The standard InChI is InChI=1S/C8H7Cl2NO.CH4/c1-4(11)6-2-5(9)3-7(10)8(6)12;/h2-3,11-12H,1H3;1H4. The number of hydrogen-bond acceptors (Lipinski definition) is 2. The van der Waals surface area contributed by atoms with Crippen molar-refractivity contribution in [2.24, 2.45) is 0 Å². The molecule has 0 spiro atoms. The van der Waals surface area contributed by atoms with Gasteiger partial charge in [0.1, 0.15) is 5.75 Å². The van der Waals surface area contributed by atoms with E-state index < -0.39 is 0 Å². The Hall–Kier alpha value is -0.730. The molecule has 13 heavy (non-hydrogen) atoms. The first-order valence-electron chi connectivity index (χ1n) is 3.26. The van der Waals surface area contributed by atoms with Gasteiger partial charge in [-0.1, -0.05) is 30.6 Å². The average Bonchev–Trinajstić information content (AvgIpc) is 1.96. The van der Waals surface area contributed by atoms with Gasteiger partial charge in [-0.25, -0.2) is 0 Å². The lowest BCUT2D eigenvalue weighted by atomic mass is 10.1. The van der Waals surface area contributed by atoms with Crippen LogP contribution in [0.2, 0.25) is 10.0 Å². The molecule has 1 aromatic carbocycles. The Morgan fingerprint density at radius 2 is 1.92 bits per heavy atom. The average molecular weight is 220 g/mol. The summed E-state index contributed by atoms with van der Waals surface area (Å²) in [6.07, 6.45) is 0. The van der Waals surface area contributed by atoms with E-state index in [0.29, 0.717) is 10.6 Å². The van der Waals surface area contributed by atoms with Crippen molar-refractivity contribution in [1.29, 1.82) is 5.41 Å². The first-order chi connectivity index (χ1) is 5.52. The second-order valence-corrected chi connectivity index (χ2v) is 3.25. The highest BCUT2D eigenvalue weighted by molar-refractivity contribution is 6.36. The summed E-state index contributed by atoms with van der Waals surface area (Å²) < 4.78 is 0. The highest BCUT2D eigenvalue weighted by Crippen LogP contribution is 2.31. The Morgan fingerprint density at radius 1 is 1.38 bits per heavy atom. The Morgan fingerprint density at radius 3 is 2.38 bits per heavy atom. The Bertz CT molecular complexity index is 337. The molecule has 0 bridgehead atoms. The maximum Gasteiger partial charge on any atom is 0.143 e. The van der Waals surface area contributed by atoms with Gasteiger partial charge in [-0.2, -0.15) is 0 Å². The summed E-state index contributed by atoms with van der Waals surface area (Å²) in [5.74, 6) is -0.0893. The third-order valence-corrected chi connectivity index (χ3v) is 1.94. The Labute approximate surface area is 87.6 Å². The predicted octanol–water partition coefficient (Wildman–Crippen LogP) is 3.72. The lowest BCUT2D eigenvalue weighted by Gasteiger charge is -2.04. The molecule has 0 saturated heterocycles. The van der Waals surface area contributed by atoms with Gasteiger partial charge in [-0.3, -0.25) is 0 Å². The molecule has 0 amide bonds. The first-order valence-corrected chi connectivity index (χ1v) is 4.01. The number of phenolic OH excluding ortho intramolecular Hbond substituents is 1. The molecular formula is C9H11Cl2NO. The quantitative estimate of drug-likeness (QED) is 0.696. The summed E-state index contributed by atoms with van der Waals surface area (Å²) in [5.41, 5.74) is 0.601. The highest BCUT2D eigenvalue weighted by Gasteiger charge is 2.08. The molecule has 2 N–H and O–H groups in total. The van der Waals surface area contributed by atoms with Gasteiger partial charge < -0.3 is 10.5 Å². The summed E-state index contributed by atoms with van der Waals surface area (Å²) in [6.45, 7) is 1.56. The van der Waals surface area contributed by atoms with Crippen LogP contribution in [0.1, 0.15) is 19.9 Å². The van der Waals surface area contributed by atoms with Gasteiger partial charge in [0.15, 0.2) is 0 Å². The minimum absolute atomic E-state index is 0. The number of benzene rings is 1. The van der Waals surface area contributed by atoms with Crippen LogP contribution in [0, 0.1) is 5.41 Å². The van der Waals surface area contributed by atoms with E-state index in [1.807, 2.05) is 0 Å². The molecule has 0 unspecified atom stereocenters. The van der Waals surface area contributed by atoms with Gasteiger partial charge >= 0.3 is 0 Å². The largest absolute Gasteiger partial charge is 0.506 e. The van der Waals surface area contributed by atoms with Crippen molar-refractivity contribution >= 4 is 28.9 Å². The van der Waals surface area contributed by atoms with E-state index in [4.69, 9.17) is 28.6 Å². The number of aromatic hydroxyl groups is 1. The molecular weight excluding hydrogens is 209 g/mol. The second kappa shape index (κ2) is 4.49. The molecule has 0 atom stereocenters. The Balaban J connectivity index is 0.00000144.